The van der Waals surface area contributed by atoms with Gasteiger partial charge in [0.05, 0.1) is 0 Å². The second kappa shape index (κ2) is 45.0. The fourth-order valence-corrected chi connectivity index (χ4v) is 9.85. The Labute approximate surface area is 537 Å². The van der Waals surface area contributed by atoms with Crippen molar-refractivity contribution in [3.05, 3.63) is 71.8 Å². The van der Waals surface area contributed by atoms with Gasteiger partial charge in [-0.2, -0.15) is 0 Å². The van der Waals surface area contributed by atoms with Crippen molar-refractivity contribution < 1.29 is 57.8 Å². The molecule has 0 fully saturated rings. The van der Waals surface area contributed by atoms with Crippen LogP contribution in [-0.2, 0) is 60.7 Å². The van der Waals surface area contributed by atoms with Crippen molar-refractivity contribution >= 4 is 59.3 Å². The van der Waals surface area contributed by atoms with Crippen molar-refractivity contribution in [1.29, 1.82) is 0 Å². The number of alkyl carbamates (subject to hydrolysis) is 1. The van der Waals surface area contributed by atoms with Gasteiger partial charge in [0, 0.05) is 18.9 Å². The number of carbonyl (C=O) groups excluding carboxylic acids is 9. The van der Waals surface area contributed by atoms with Crippen LogP contribution in [0, 0.1) is 17.8 Å². The summed E-state index contributed by atoms with van der Waals surface area (Å²) in [6.07, 6.45) is 5.23. The van der Waals surface area contributed by atoms with Crippen molar-refractivity contribution in [3.8, 4) is 0 Å². The second-order valence-corrected chi connectivity index (χ2v) is 24.2. The van der Waals surface area contributed by atoms with E-state index in [9.17, 15) is 53.1 Å². The highest BCUT2D eigenvalue weighted by molar-refractivity contribution is 5.98. The van der Waals surface area contributed by atoms with Gasteiger partial charge in [-0.3, -0.25) is 38.4 Å². The third-order valence-electron chi connectivity index (χ3n) is 15.3. The van der Waals surface area contributed by atoms with E-state index in [1.165, 1.54) is 0 Å². The number of unbranched alkanes of at least 4 members (excludes halogenated alkanes) is 5. The first-order valence-corrected chi connectivity index (χ1v) is 32.3. The Balaban J connectivity index is 2.46. The van der Waals surface area contributed by atoms with E-state index >= 15 is 0 Å². The molecule has 0 saturated carbocycles. The van der Waals surface area contributed by atoms with Gasteiger partial charge >= 0.3 is 12.1 Å². The quantitative estimate of drug-likeness (QED) is 0.0401. The minimum Gasteiger partial charge on any atom is -0.480 e. The maximum absolute atomic E-state index is 14.7. The molecule has 9 amide bonds. The predicted octanol–water partition coefficient (Wildman–Crippen LogP) is 0.470. The molecule has 2 aromatic rings. The van der Waals surface area contributed by atoms with Crippen LogP contribution in [0.15, 0.2) is 60.7 Å². The highest BCUT2D eigenvalue weighted by Crippen LogP contribution is 2.15. The molecule has 0 aliphatic heterocycles. The van der Waals surface area contributed by atoms with E-state index in [0.717, 1.165) is 12.8 Å². The molecule has 0 radical (unpaired) electrons. The van der Waals surface area contributed by atoms with E-state index in [4.69, 9.17) is 39.1 Å². The highest BCUT2D eigenvalue weighted by atomic mass is 16.5. The number of aliphatic carboxylic acids is 1. The Morgan fingerprint density at radius 1 is 0.363 bits per heavy atom. The number of hydrogen-bond donors (Lipinski definition) is 16. The third kappa shape index (κ3) is 31.5. The van der Waals surface area contributed by atoms with Gasteiger partial charge in [-0.05, 0) is 151 Å². The standard InChI is InChI=1S/C64H109N15O12/c1-40(2)52(60(85)72-46(28-14-19-33-66)55(80)74-50(37-43-23-9-7-10-24-43)59(84)73-49(63(88)89)31-17-22-36-69)77-56(81)47(29-15-20-34-67)71-58(83)51(38-44-25-11-8-12-26-44)75-61(86)53(41(3)4)79-62(87)54(42(5)6)78-57(82)48(30-16-21-35-68)76-64(90)91-39-45(70)27-13-18-32-65/h7-12,23-26,40-42,45-54H,13-22,27-39,65-70H2,1-6H3,(H,71,83)(H,72,85)(H,73,84)(H,74,80)(H,75,86)(H,76,90)(H,77,81)(H,78,82)(H,79,87)(H,88,89)/t45?,46-,47-,48-,49-,50-,51-,52-,53-,54-/m0/s1. The summed E-state index contributed by atoms with van der Waals surface area (Å²) in [6.45, 7) is 11.8. The molecule has 0 heterocycles. The Bertz CT molecular complexity index is 2510. The lowest BCUT2D eigenvalue weighted by molar-refractivity contribution is -0.142. The molecule has 91 heavy (non-hydrogen) atoms. The lowest BCUT2D eigenvalue weighted by Crippen LogP contribution is -2.62. The van der Waals surface area contributed by atoms with Crippen LogP contribution in [0.2, 0.25) is 0 Å². The Morgan fingerprint density at radius 2 is 0.637 bits per heavy atom. The molecule has 0 bridgehead atoms. The molecule has 10 atom stereocenters. The predicted molar refractivity (Wildman–Crippen MR) is 349 cm³/mol. The monoisotopic (exact) mass is 1280 g/mol. The van der Waals surface area contributed by atoms with Crippen molar-refractivity contribution in [3.63, 3.8) is 0 Å². The van der Waals surface area contributed by atoms with Gasteiger partial charge < -0.3 is 92.1 Å². The smallest absolute Gasteiger partial charge is 0.407 e. The molecule has 27 heteroatoms. The highest BCUT2D eigenvalue weighted by Gasteiger charge is 2.37. The maximum Gasteiger partial charge on any atom is 0.407 e. The molecule has 2 rings (SSSR count). The summed E-state index contributed by atoms with van der Waals surface area (Å²) < 4.78 is 5.34. The first kappa shape index (κ1) is 79.8. The number of rotatable bonds is 47. The summed E-state index contributed by atoms with van der Waals surface area (Å²) in [4.78, 5) is 140. The number of carbonyl (C=O) groups is 10. The molecule has 0 aliphatic rings. The van der Waals surface area contributed by atoms with Crippen LogP contribution in [0.5, 0.6) is 0 Å². The largest absolute Gasteiger partial charge is 0.480 e. The average Bonchev–Trinajstić information content (AvgIpc) is 1.83. The van der Waals surface area contributed by atoms with Crippen LogP contribution in [0.3, 0.4) is 0 Å². The van der Waals surface area contributed by atoms with Crippen LogP contribution < -0.4 is 82.3 Å². The molecular weight excluding hydrogens is 1170 g/mol. The fraction of sp³-hybridized carbons (Fsp3) is 0.656. The topological polar surface area (TPSA) is 465 Å². The Hall–Kier alpha value is -7.30. The number of carboxylic acid groups (broad SMARTS) is 1. The SMILES string of the molecule is CC(C)[C@H](NC(=O)[C@H](CCCCN)NC(=O)[C@H](Cc1ccccc1)NC(=O)[C@@H](NC(=O)[C@@H](NC(=O)[C@H](CCCCN)NC(=O)OCC(N)CCCCN)C(C)C)C(C)C)C(=O)N[C@@H](CCCCN)C(=O)N[C@@H](Cc1ccccc1)C(=O)N[C@@H](CCCCN)C(=O)O. The van der Waals surface area contributed by atoms with E-state index < -0.39 is 137 Å². The van der Waals surface area contributed by atoms with Gasteiger partial charge in [0.1, 0.15) is 61.0 Å². The third-order valence-corrected chi connectivity index (χ3v) is 15.3. The normalized spacial score (nSPS) is 14.6. The summed E-state index contributed by atoms with van der Waals surface area (Å²) in [6, 6.07) is 5.86. The van der Waals surface area contributed by atoms with Gasteiger partial charge in [0.2, 0.25) is 47.3 Å². The van der Waals surface area contributed by atoms with Crippen LogP contribution in [0.25, 0.3) is 0 Å². The van der Waals surface area contributed by atoms with Gasteiger partial charge in [0.25, 0.3) is 0 Å². The summed E-state index contributed by atoms with van der Waals surface area (Å²) in [5.74, 6) is -8.85. The lowest BCUT2D eigenvalue weighted by atomic mass is 9.98. The van der Waals surface area contributed by atoms with Crippen molar-refractivity contribution in [2.45, 2.75) is 211 Å². The van der Waals surface area contributed by atoms with Gasteiger partial charge in [-0.15, -0.1) is 0 Å². The number of ether oxygens (including phenoxy) is 1. The number of amides is 9. The molecule has 22 N–H and O–H groups in total. The summed E-state index contributed by atoms with van der Waals surface area (Å²) >= 11 is 0. The molecule has 512 valence electrons. The molecule has 0 saturated heterocycles. The summed E-state index contributed by atoms with van der Waals surface area (Å²) in [5.41, 5.74) is 36.0. The summed E-state index contributed by atoms with van der Waals surface area (Å²) in [7, 11) is 0. The van der Waals surface area contributed by atoms with Gasteiger partial charge in [-0.25, -0.2) is 9.59 Å². The summed E-state index contributed by atoms with van der Waals surface area (Å²) in [5, 5.41) is 34.6. The number of nitrogens with one attached hydrogen (secondary N) is 9. The number of carboxylic acids is 1. The molecule has 27 nitrogen and oxygen atoms in total. The van der Waals surface area contributed by atoms with E-state index in [-0.39, 0.29) is 58.2 Å². The van der Waals surface area contributed by atoms with E-state index in [0.29, 0.717) is 88.5 Å². The van der Waals surface area contributed by atoms with E-state index in [1.54, 1.807) is 102 Å². The zero-order chi connectivity index (χ0) is 67.8. The average molecular weight is 1280 g/mol. The first-order chi connectivity index (χ1) is 43.4. The van der Waals surface area contributed by atoms with E-state index in [1.807, 2.05) is 0 Å². The van der Waals surface area contributed by atoms with Crippen molar-refractivity contribution in [2.75, 3.05) is 39.3 Å². The lowest BCUT2D eigenvalue weighted by Gasteiger charge is -2.30. The number of nitrogens with two attached hydrogens (primary N) is 6. The van der Waals surface area contributed by atoms with Gasteiger partial charge in [-0.1, -0.05) is 109 Å². The van der Waals surface area contributed by atoms with Crippen LogP contribution in [0.4, 0.5) is 4.79 Å². The maximum atomic E-state index is 14.7. The van der Waals surface area contributed by atoms with Crippen molar-refractivity contribution in [1.82, 2.24) is 47.9 Å². The minimum absolute atomic E-state index is 0.0177. The zero-order valence-electron chi connectivity index (χ0n) is 54.4. The van der Waals surface area contributed by atoms with Crippen LogP contribution >= 0.6 is 0 Å². The fourth-order valence-electron chi connectivity index (χ4n) is 9.85. The minimum atomic E-state index is -1.34. The Kier molecular flexibility index (Phi) is 39.5. The molecule has 0 aromatic heterocycles. The van der Waals surface area contributed by atoms with Crippen LogP contribution in [0.1, 0.15) is 149 Å². The number of hydrogen-bond acceptors (Lipinski definition) is 17. The van der Waals surface area contributed by atoms with Crippen molar-refractivity contribution in [2.24, 2.45) is 52.2 Å². The van der Waals surface area contributed by atoms with Gasteiger partial charge in [0.15, 0.2) is 0 Å². The molecule has 2 aromatic carbocycles. The zero-order valence-corrected chi connectivity index (χ0v) is 54.4. The first-order valence-electron chi connectivity index (χ1n) is 32.3. The second-order valence-electron chi connectivity index (χ2n) is 24.2. The molecule has 0 aliphatic carbocycles. The molecular formula is C64H109N15O12. The molecule has 0 spiro atoms. The number of benzene rings is 2. The Morgan fingerprint density at radius 3 is 1.00 bits per heavy atom. The molecule has 1 unspecified atom stereocenters. The van der Waals surface area contributed by atoms with E-state index in [2.05, 4.69) is 47.9 Å². The van der Waals surface area contributed by atoms with Crippen LogP contribution in [-0.4, -0.2) is 164 Å².